The molecule has 1 aliphatic heterocycles. The summed E-state index contributed by atoms with van der Waals surface area (Å²) in [7, 11) is -3.53. The van der Waals surface area contributed by atoms with E-state index in [0.717, 1.165) is 12.1 Å². The lowest BCUT2D eigenvalue weighted by Crippen LogP contribution is -2.13. The summed E-state index contributed by atoms with van der Waals surface area (Å²) < 4.78 is 43.0. The predicted molar refractivity (Wildman–Crippen MR) is 81.3 cm³/mol. The fourth-order valence-corrected chi connectivity index (χ4v) is 4.33. The monoisotopic (exact) mass is 343 g/mol. The van der Waals surface area contributed by atoms with Crippen LogP contribution >= 0.6 is 0 Å². The summed E-state index contributed by atoms with van der Waals surface area (Å²) in [6.45, 7) is 0. The third-order valence-corrected chi connectivity index (χ3v) is 5.44. The van der Waals surface area contributed by atoms with Crippen LogP contribution in [0.2, 0.25) is 0 Å². The molecule has 0 fully saturated rings. The summed E-state index contributed by atoms with van der Waals surface area (Å²) in [5, 5.41) is 18.3. The van der Waals surface area contributed by atoms with Gasteiger partial charge in [0.1, 0.15) is 28.9 Å². The van der Waals surface area contributed by atoms with Crippen LogP contribution in [0, 0.1) is 28.5 Å². The van der Waals surface area contributed by atoms with Crippen LogP contribution in [-0.2, 0) is 9.84 Å². The Bertz CT molecular complexity index is 1040. The van der Waals surface area contributed by atoms with Gasteiger partial charge >= 0.3 is 0 Å². The largest absolute Gasteiger partial charge is 0.456 e. The van der Waals surface area contributed by atoms with Crippen molar-refractivity contribution in [1.29, 1.82) is 10.5 Å². The number of rotatable bonds is 2. The molecular weight excluding hydrogens is 333 g/mol. The minimum absolute atomic E-state index is 0.0101. The van der Waals surface area contributed by atoms with Crippen LogP contribution < -0.4 is 10.5 Å². The number of benzene rings is 2. The third-order valence-electron chi connectivity index (χ3n) is 3.61. The van der Waals surface area contributed by atoms with E-state index >= 15 is 0 Å². The van der Waals surface area contributed by atoms with Crippen LogP contribution in [0.4, 0.5) is 4.39 Å². The molecule has 2 aromatic rings. The number of halogens is 1. The molecule has 0 aromatic heterocycles. The highest BCUT2D eigenvalue weighted by molar-refractivity contribution is 7.91. The van der Waals surface area contributed by atoms with Crippen LogP contribution in [0.1, 0.15) is 22.7 Å². The van der Waals surface area contributed by atoms with E-state index < -0.39 is 21.7 Å². The molecule has 6 nitrogen and oxygen atoms in total. The molecule has 1 unspecified atom stereocenters. The minimum Gasteiger partial charge on any atom is -0.456 e. The first-order valence-electron chi connectivity index (χ1n) is 6.79. The summed E-state index contributed by atoms with van der Waals surface area (Å²) in [5.74, 6) is -0.863. The van der Waals surface area contributed by atoms with Gasteiger partial charge < -0.3 is 10.5 Å². The number of nitriles is 2. The summed E-state index contributed by atoms with van der Waals surface area (Å²) >= 11 is 0. The third kappa shape index (κ3) is 2.58. The van der Waals surface area contributed by atoms with Gasteiger partial charge in [-0.1, -0.05) is 0 Å². The van der Waals surface area contributed by atoms with Crippen molar-refractivity contribution in [3.63, 3.8) is 0 Å². The zero-order valence-electron chi connectivity index (χ0n) is 12.2. The Hall–Kier alpha value is -2.94. The number of sulfone groups is 1. The summed E-state index contributed by atoms with van der Waals surface area (Å²) in [4.78, 5) is 0.0101. The maximum absolute atomic E-state index is 13.5. The van der Waals surface area contributed by atoms with Gasteiger partial charge in [-0.25, -0.2) is 12.8 Å². The summed E-state index contributed by atoms with van der Waals surface area (Å²) in [6.07, 6.45) is 0. The Labute approximate surface area is 137 Å². The quantitative estimate of drug-likeness (QED) is 0.893. The molecule has 0 radical (unpaired) electrons. The van der Waals surface area contributed by atoms with E-state index in [4.69, 9.17) is 15.7 Å². The van der Waals surface area contributed by atoms with Gasteiger partial charge in [-0.2, -0.15) is 10.5 Å². The second-order valence-electron chi connectivity index (χ2n) is 5.24. The molecule has 0 saturated heterocycles. The van der Waals surface area contributed by atoms with Gasteiger partial charge in [-0.15, -0.1) is 0 Å². The SMILES string of the molecule is N#Cc1cc(F)cc(Oc2ccc3c(c2C#N)C(N)CS3(=O)=O)c1. The average Bonchev–Trinajstić information content (AvgIpc) is 2.76. The lowest BCUT2D eigenvalue weighted by molar-refractivity contribution is 0.473. The molecule has 0 saturated carbocycles. The smallest absolute Gasteiger partial charge is 0.180 e. The van der Waals surface area contributed by atoms with Crippen molar-refractivity contribution in [3.05, 3.63) is 52.8 Å². The fraction of sp³-hybridized carbons (Fsp3) is 0.125. The number of hydrogen-bond acceptors (Lipinski definition) is 6. The lowest BCUT2D eigenvalue weighted by atomic mass is 10.0. The Morgan fingerprint density at radius 3 is 2.62 bits per heavy atom. The summed E-state index contributed by atoms with van der Waals surface area (Å²) in [5.41, 5.74) is 6.09. The van der Waals surface area contributed by atoms with Gasteiger partial charge in [-0.05, 0) is 24.3 Å². The van der Waals surface area contributed by atoms with Crippen molar-refractivity contribution in [1.82, 2.24) is 0 Å². The molecule has 1 heterocycles. The molecule has 1 atom stereocenters. The van der Waals surface area contributed by atoms with E-state index in [1.165, 1.54) is 18.2 Å². The molecule has 24 heavy (non-hydrogen) atoms. The van der Waals surface area contributed by atoms with Gasteiger partial charge in [0.05, 0.1) is 22.3 Å². The van der Waals surface area contributed by atoms with Crippen LogP contribution in [-0.4, -0.2) is 14.2 Å². The van der Waals surface area contributed by atoms with Gasteiger partial charge in [-0.3, -0.25) is 0 Å². The number of fused-ring (bicyclic) bond motifs is 1. The van der Waals surface area contributed by atoms with Crippen LogP contribution in [0.3, 0.4) is 0 Å². The fourth-order valence-electron chi connectivity index (χ4n) is 2.64. The Balaban J connectivity index is 2.12. The Morgan fingerprint density at radius 1 is 1.21 bits per heavy atom. The highest BCUT2D eigenvalue weighted by atomic mass is 32.2. The van der Waals surface area contributed by atoms with Gasteiger partial charge in [0.2, 0.25) is 0 Å². The molecule has 0 bridgehead atoms. The first-order chi connectivity index (χ1) is 11.4. The van der Waals surface area contributed by atoms with Gasteiger partial charge in [0.15, 0.2) is 9.84 Å². The second kappa shape index (κ2) is 5.60. The molecule has 8 heteroatoms. The van der Waals surface area contributed by atoms with E-state index in [1.54, 1.807) is 6.07 Å². The maximum Gasteiger partial charge on any atom is 0.180 e. The molecular formula is C16H10FN3O3S. The lowest BCUT2D eigenvalue weighted by Gasteiger charge is -2.12. The number of nitrogens with two attached hydrogens (primary N) is 1. The van der Waals surface area contributed by atoms with Crippen LogP contribution in [0.5, 0.6) is 11.5 Å². The topological polar surface area (TPSA) is 117 Å². The molecule has 0 aliphatic carbocycles. The van der Waals surface area contributed by atoms with E-state index in [1.807, 2.05) is 6.07 Å². The average molecular weight is 343 g/mol. The van der Waals surface area contributed by atoms with Crippen molar-refractivity contribution in [2.45, 2.75) is 10.9 Å². The van der Waals surface area contributed by atoms with Crippen LogP contribution in [0.25, 0.3) is 0 Å². The molecule has 1 aliphatic rings. The zero-order valence-corrected chi connectivity index (χ0v) is 13.0. The van der Waals surface area contributed by atoms with Crippen molar-refractivity contribution >= 4 is 9.84 Å². The number of ether oxygens (including phenoxy) is 1. The zero-order chi connectivity index (χ0) is 17.5. The second-order valence-corrected chi connectivity index (χ2v) is 7.24. The number of nitrogens with zero attached hydrogens (tertiary/aromatic N) is 2. The normalized spacial score (nSPS) is 17.6. The first-order valence-corrected chi connectivity index (χ1v) is 8.45. The molecule has 2 aromatic carbocycles. The van der Waals surface area contributed by atoms with E-state index in [0.29, 0.717) is 0 Å². The molecule has 0 amide bonds. The van der Waals surface area contributed by atoms with Gasteiger partial charge in [0, 0.05) is 17.7 Å². The highest BCUT2D eigenvalue weighted by Crippen LogP contribution is 2.39. The molecule has 0 spiro atoms. The van der Waals surface area contributed by atoms with Crippen LogP contribution in [0.15, 0.2) is 35.2 Å². The molecule has 120 valence electrons. The minimum atomic E-state index is -3.53. The molecule has 3 rings (SSSR count). The summed E-state index contributed by atoms with van der Waals surface area (Å²) in [6, 6.07) is 8.93. The van der Waals surface area contributed by atoms with Gasteiger partial charge in [0.25, 0.3) is 0 Å². The van der Waals surface area contributed by atoms with Crippen molar-refractivity contribution in [2.75, 3.05) is 5.75 Å². The van der Waals surface area contributed by atoms with Crippen molar-refractivity contribution in [3.8, 4) is 23.6 Å². The first kappa shape index (κ1) is 15.9. The predicted octanol–water partition coefficient (Wildman–Crippen LogP) is 2.15. The molecule has 2 N–H and O–H groups in total. The van der Waals surface area contributed by atoms with E-state index in [2.05, 4.69) is 0 Å². The number of hydrogen-bond donors (Lipinski definition) is 1. The highest BCUT2D eigenvalue weighted by Gasteiger charge is 2.36. The van der Waals surface area contributed by atoms with Crippen molar-refractivity contribution < 1.29 is 17.5 Å². The van der Waals surface area contributed by atoms with E-state index in [-0.39, 0.29) is 38.8 Å². The Morgan fingerprint density at radius 2 is 1.96 bits per heavy atom. The standard InChI is InChI=1S/C16H10FN3O3S/c17-10-3-9(6-18)4-11(5-10)23-14-1-2-15-16(12(14)7-19)13(20)8-24(15,21)22/h1-5,13H,8,20H2. The Kier molecular flexibility index (Phi) is 3.72. The van der Waals surface area contributed by atoms with Crippen molar-refractivity contribution in [2.24, 2.45) is 5.73 Å². The maximum atomic E-state index is 13.5. The van der Waals surface area contributed by atoms with E-state index in [9.17, 15) is 18.1 Å².